The van der Waals surface area contributed by atoms with Gasteiger partial charge >= 0.3 is 0 Å². The predicted octanol–water partition coefficient (Wildman–Crippen LogP) is 3.35. The maximum absolute atomic E-state index is 11.7. The Hall–Kier alpha value is -1.55. The second-order valence-electron chi connectivity index (χ2n) is 5.65. The molecule has 5 heteroatoms. The summed E-state index contributed by atoms with van der Waals surface area (Å²) >= 11 is 5.84. The summed E-state index contributed by atoms with van der Waals surface area (Å²) in [6, 6.07) is 3.39. The molecule has 0 spiro atoms. The SMILES string of the molecule is CCC(=O)C(=O)Nc1cc(CCl)cc(C(C)(C)C)c1O. The summed E-state index contributed by atoms with van der Waals surface area (Å²) < 4.78 is 0. The minimum absolute atomic E-state index is 0.0244. The number of hydrogen-bond acceptors (Lipinski definition) is 3. The molecule has 0 aromatic heterocycles. The van der Waals surface area contributed by atoms with E-state index in [0.717, 1.165) is 5.56 Å². The lowest BCUT2D eigenvalue weighted by Gasteiger charge is -2.23. The van der Waals surface area contributed by atoms with Crippen LogP contribution in [-0.4, -0.2) is 16.8 Å². The van der Waals surface area contributed by atoms with Crippen LogP contribution < -0.4 is 5.32 Å². The molecule has 1 aromatic carbocycles. The molecule has 0 saturated heterocycles. The van der Waals surface area contributed by atoms with Crippen LogP contribution in [-0.2, 0) is 20.9 Å². The molecule has 1 aromatic rings. The van der Waals surface area contributed by atoms with Crippen molar-refractivity contribution < 1.29 is 14.7 Å². The molecule has 0 saturated carbocycles. The Morgan fingerprint density at radius 2 is 1.90 bits per heavy atom. The fourth-order valence-corrected chi connectivity index (χ4v) is 1.95. The number of alkyl halides is 1. The van der Waals surface area contributed by atoms with Crippen molar-refractivity contribution in [3.8, 4) is 5.75 Å². The molecule has 0 bridgehead atoms. The molecule has 1 rings (SSSR count). The van der Waals surface area contributed by atoms with Crippen molar-refractivity contribution in [2.75, 3.05) is 5.32 Å². The van der Waals surface area contributed by atoms with E-state index in [1.165, 1.54) is 0 Å². The number of Topliss-reactive ketones (excluding diaryl/α,β-unsaturated/α-hetero) is 1. The van der Waals surface area contributed by atoms with Crippen LogP contribution in [0, 0.1) is 0 Å². The van der Waals surface area contributed by atoms with E-state index in [1.807, 2.05) is 20.8 Å². The zero-order valence-corrected chi connectivity index (χ0v) is 13.0. The van der Waals surface area contributed by atoms with Crippen molar-refractivity contribution in [1.29, 1.82) is 0 Å². The monoisotopic (exact) mass is 297 g/mol. The third-order valence-corrected chi connectivity index (χ3v) is 3.26. The molecule has 0 unspecified atom stereocenters. The van der Waals surface area contributed by atoms with Gasteiger partial charge in [0.2, 0.25) is 5.78 Å². The van der Waals surface area contributed by atoms with Crippen molar-refractivity contribution in [3.63, 3.8) is 0 Å². The molecule has 4 nitrogen and oxygen atoms in total. The summed E-state index contributed by atoms with van der Waals surface area (Å²) in [7, 11) is 0. The van der Waals surface area contributed by atoms with Crippen molar-refractivity contribution in [2.45, 2.75) is 45.4 Å². The van der Waals surface area contributed by atoms with Gasteiger partial charge in [-0.1, -0.05) is 33.8 Å². The molecule has 0 aliphatic carbocycles. The minimum Gasteiger partial charge on any atom is -0.505 e. The first-order valence-corrected chi connectivity index (χ1v) is 7.00. The first-order valence-electron chi connectivity index (χ1n) is 6.47. The van der Waals surface area contributed by atoms with E-state index >= 15 is 0 Å². The van der Waals surface area contributed by atoms with Crippen LogP contribution in [0.15, 0.2) is 12.1 Å². The van der Waals surface area contributed by atoms with Crippen molar-refractivity contribution in [2.24, 2.45) is 0 Å². The summed E-state index contributed by atoms with van der Waals surface area (Å²) in [4.78, 5) is 23.0. The summed E-state index contributed by atoms with van der Waals surface area (Å²) in [6.07, 6.45) is 0.119. The van der Waals surface area contributed by atoms with Gasteiger partial charge in [-0.15, -0.1) is 11.6 Å². The van der Waals surface area contributed by atoms with Gasteiger partial charge in [0, 0.05) is 17.9 Å². The molecular formula is C15H20ClNO3. The smallest absolute Gasteiger partial charge is 0.291 e. The lowest BCUT2D eigenvalue weighted by molar-refractivity contribution is -0.134. The van der Waals surface area contributed by atoms with E-state index in [1.54, 1.807) is 19.1 Å². The Labute approximate surface area is 124 Å². The molecule has 0 aliphatic heterocycles. The van der Waals surface area contributed by atoms with Gasteiger partial charge in [-0.2, -0.15) is 0 Å². The number of carbonyl (C=O) groups excluding carboxylic acids is 2. The number of anilines is 1. The molecular weight excluding hydrogens is 278 g/mol. The van der Waals surface area contributed by atoms with E-state index < -0.39 is 11.7 Å². The van der Waals surface area contributed by atoms with E-state index in [2.05, 4.69) is 5.32 Å². The molecule has 0 fully saturated rings. The normalized spacial score (nSPS) is 11.2. The van der Waals surface area contributed by atoms with Gasteiger partial charge in [-0.3, -0.25) is 9.59 Å². The van der Waals surface area contributed by atoms with Gasteiger partial charge in [-0.05, 0) is 17.0 Å². The molecule has 20 heavy (non-hydrogen) atoms. The molecule has 1 amide bonds. The van der Waals surface area contributed by atoms with E-state index in [-0.39, 0.29) is 29.2 Å². The van der Waals surface area contributed by atoms with E-state index in [9.17, 15) is 14.7 Å². The summed E-state index contributed by atoms with van der Waals surface area (Å²) in [5, 5.41) is 12.7. The number of amides is 1. The third-order valence-electron chi connectivity index (χ3n) is 2.95. The second-order valence-corrected chi connectivity index (χ2v) is 5.92. The van der Waals surface area contributed by atoms with Crippen LogP contribution >= 0.6 is 11.6 Å². The number of ketones is 1. The zero-order chi connectivity index (χ0) is 15.5. The standard InChI is InChI=1S/C15H20ClNO3/c1-5-12(18)14(20)17-11-7-9(8-16)6-10(13(11)19)15(2,3)4/h6-7,19H,5,8H2,1-4H3,(H,17,20). The molecule has 0 radical (unpaired) electrons. The number of benzene rings is 1. The first kappa shape index (κ1) is 16.5. The molecule has 0 aliphatic rings. The van der Waals surface area contributed by atoms with E-state index in [4.69, 9.17) is 11.6 Å². The summed E-state index contributed by atoms with van der Waals surface area (Å²) in [6.45, 7) is 7.45. The van der Waals surface area contributed by atoms with Gasteiger partial charge in [0.25, 0.3) is 5.91 Å². The summed E-state index contributed by atoms with van der Waals surface area (Å²) in [5.74, 6) is -1.02. The molecule has 0 atom stereocenters. The van der Waals surface area contributed by atoms with Gasteiger partial charge < -0.3 is 10.4 Å². The fourth-order valence-electron chi connectivity index (χ4n) is 1.79. The second kappa shape index (κ2) is 6.27. The predicted molar refractivity (Wildman–Crippen MR) is 80.3 cm³/mol. The minimum atomic E-state index is -0.727. The number of phenols is 1. The number of rotatable bonds is 4. The average Bonchev–Trinajstić information content (AvgIpc) is 2.38. The largest absolute Gasteiger partial charge is 0.505 e. The van der Waals surface area contributed by atoms with E-state index in [0.29, 0.717) is 5.56 Å². The van der Waals surface area contributed by atoms with Crippen LogP contribution in [0.4, 0.5) is 5.69 Å². The fraction of sp³-hybridized carbons (Fsp3) is 0.467. The van der Waals surface area contributed by atoms with Crippen LogP contribution in [0.1, 0.15) is 45.2 Å². The van der Waals surface area contributed by atoms with Crippen molar-refractivity contribution >= 4 is 29.0 Å². The highest BCUT2D eigenvalue weighted by Crippen LogP contribution is 2.37. The Balaban J connectivity index is 3.26. The van der Waals surface area contributed by atoms with Crippen LogP contribution in [0.25, 0.3) is 0 Å². The van der Waals surface area contributed by atoms with Crippen molar-refractivity contribution in [1.82, 2.24) is 0 Å². The number of halogens is 1. The molecule has 0 heterocycles. The first-order chi connectivity index (χ1) is 9.20. The van der Waals surface area contributed by atoms with Crippen LogP contribution in [0.5, 0.6) is 5.75 Å². The quantitative estimate of drug-likeness (QED) is 0.509. The Morgan fingerprint density at radius 3 is 2.35 bits per heavy atom. The lowest BCUT2D eigenvalue weighted by Crippen LogP contribution is -2.22. The van der Waals surface area contributed by atoms with Crippen LogP contribution in [0.2, 0.25) is 0 Å². The number of carbonyl (C=O) groups is 2. The molecule has 2 N–H and O–H groups in total. The number of phenolic OH excluding ortho intramolecular Hbond substituents is 1. The van der Waals surface area contributed by atoms with Gasteiger partial charge in [0.15, 0.2) is 0 Å². The molecule has 110 valence electrons. The number of nitrogens with one attached hydrogen (secondary N) is 1. The van der Waals surface area contributed by atoms with Gasteiger partial charge in [0.1, 0.15) is 5.75 Å². The van der Waals surface area contributed by atoms with Gasteiger partial charge in [-0.25, -0.2) is 0 Å². The Kier molecular flexibility index (Phi) is 5.17. The number of aromatic hydroxyl groups is 1. The van der Waals surface area contributed by atoms with Gasteiger partial charge in [0.05, 0.1) is 5.69 Å². The zero-order valence-electron chi connectivity index (χ0n) is 12.2. The Bertz CT molecular complexity index is 533. The van der Waals surface area contributed by atoms with Crippen LogP contribution in [0.3, 0.4) is 0 Å². The topological polar surface area (TPSA) is 66.4 Å². The Morgan fingerprint density at radius 1 is 1.30 bits per heavy atom. The highest BCUT2D eigenvalue weighted by molar-refractivity contribution is 6.40. The van der Waals surface area contributed by atoms with Crippen molar-refractivity contribution in [3.05, 3.63) is 23.3 Å². The highest BCUT2D eigenvalue weighted by atomic mass is 35.5. The number of hydrogen-bond donors (Lipinski definition) is 2. The highest BCUT2D eigenvalue weighted by Gasteiger charge is 2.23. The summed E-state index contributed by atoms with van der Waals surface area (Å²) in [5.41, 5.74) is 1.36. The average molecular weight is 298 g/mol. The maximum atomic E-state index is 11.7. The maximum Gasteiger partial charge on any atom is 0.291 e. The third kappa shape index (κ3) is 3.73. The lowest BCUT2D eigenvalue weighted by atomic mass is 9.85.